The van der Waals surface area contributed by atoms with Crippen molar-refractivity contribution in [3.05, 3.63) is 5.01 Å². The maximum atomic E-state index is 12.0. The van der Waals surface area contributed by atoms with E-state index in [0.29, 0.717) is 30.2 Å². The van der Waals surface area contributed by atoms with E-state index in [2.05, 4.69) is 29.4 Å². The van der Waals surface area contributed by atoms with Gasteiger partial charge in [0.25, 0.3) is 0 Å². The number of nitrogens with zero attached hydrogens (tertiary/aromatic N) is 3. The van der Waals surface area contributed by atoms with Gasteiger partial charge in [-0.1, -0.05) is 25.2 Å². The minimum Gasteiger partial charge on any atom is -0.395 e. The fourth-order valence-electron chi connectivity index (χ4n) is 2.04. The topological polar surface area (TPSA) is 78.4 Å². The average Bonchev–Trinajstić information content (AvgIpc) is 3.12. The van der Waals surface area contributed by atoms with Crippen LogP contribution in [0.1, 0.15) is 31.7 Å². The second-order valence-electron chi connectivity index (χ2n) is 5.57. The molecule has 1 aliphatic carbocycles. The Morgan fingerprint density at radius 2 is 2.25 bits per heavy atom. The van der Waals surface area contributed by atoms with Crippen LogP contribution in [0.3, 0.4) is 0 Å². The van der Waals surface area contributed by atoms with Crippen molar-refractivity contribution < 1.29 is 9.90 Å². The Labute approximate surface area is 123 Å². The first-order valence-electron chi connectivity index (χ1n) is 7.05. The number of hydrogen-bond acceptors (Lipinski definition) is 6. The molecule has 20 heavy (non-hydrogen) atoms. The molecule has 0 aliphatic heterocycles. The van der Waals surface area contributed by atoms with Gasteiger partial charge in [-0.15, -0.1) is 10.2 Å². The third kappa shape index (κ3) is 4.81. The van der Waals surface area contributed by atoms with Gasteiger partial charge in [-0.3, -0.25) is 15.0 Å². The number of nitrogens with one attached hydrogen (secondary N) is 1. The van der Waals surface area contributed by atoms with E-state index in [9.17, 15) is 4.79 Å². The number of carbonyl (C=O) groups excluding carboxylic acids is 1. The minimum absolute atomic E-state index is 0.0844. The van der Waals surface area contributed by atoms with Crippen LogP contribution < -0.4 is 5.32 Å². The zero-order valence-corrected chi connectivity index (χ0v) is 12.8. The zero-order chi connectivity index (χ0) is 14.5. The van der Waals surface area contributed by atoms with Gasteiger partial charge < -0.3 is 5.11 Å². The van der Waals surface area contributed by atoms with Crippen molar-refractivity contribution in [2.24, 2.45) is 5.92 Å². The van der Waals surface area contributed by atoms with Crippen LogP contribution in [0.5, 0.6) is 0 Å². The molecule has 0 spiro atoms. The molecule has 0 unspecified atom stereocenters. The molecule has 0 bridgehead atoms. The molecule has 1 aromatic heterocycles. The Kier molecular flexibility index (Phi) is 5.45. The average molecular weight is 298 g/mol. The highest BCUT2D eigenvalue weighted by molar-refractivity contribution is 7.15. The third-order valence-electron chi connectivity index (χ3n) is 3.09. The first-order chi connectivity index (χ1) is 9.58. The highest BCUT2D eigenvalue weighted by atomic mass is 32.1. The molecular formula is C13H22N4O2S. The molecule has 1 fully saturated rings. The van der Waals surface area contributed by atoms with E-state index in [4.69, 9.17) is 5.11 Å². The predicted octanol–water partition coefficient (Wildman–Crippen LogP) is 1.13. The van der Waals surface area contributed by atoms with Crippen molar-refractivity contribution in [2.75, 3.05) is 25.0 Å². The van der Waals surface area contributed by atoms with E-state index in [-0.39, 0.29) is 12.5 Å². The SMILES string of the molecule is CC(C)Cc1nnc(NC(=O)CN(CCO)C2CC2)s1. The van der Waals surface area contributed by atoms with Crippen molar-refractivity contribution >= 4 is 22.4 Å². The number of aliphatic hydroxyl groups is 1. The van der Waals surface area contributed by atoms with Gasteiger partial charge in [0.05, 0.1) is 13.2 Å². The first kappa shape index (κ1) is 15.3. The number of aliphatic hydroxyl groups excluding tert-OH is 1. The Bertz CT molecular complexity index is 445. The molecule has 0 atom stereocenters. The quantitative estimate of drug-likeness (QED) is 0.752. The van der Waals surface area contributed by atoms with Crippen molar-refractivity contribution in [1.82, 2.24) is 15.1 Å². The second-order valence-corrected chi connectivity index (χ2v) is 6.63. The van der Waals surface area contributed by atoms with Crippen LogP contribution in [-0.2, 0) is 11.2 Å². The Balaban J connectivity index is 1.82. The lowest BCUT2D eigenvalue weighted by Crippen LogP contribution is -2.36. The minimum atomic E-state index is -0.0856. The van der Waals surface area contributed by atoms with Crippen LogP contribution in [0.2, 0.25) is 0 Å². The largest absolute Gasteiger partial charge is 0.395 e. The molecule has 112 valence electrons. The Morgan fingerprint density at radius 1 is 1.50 bits per heavy atom. The number of amides is 1. The first-order valence-corrected chi connectivity index (χ1v) is 7.87. The van der Waals surface area contributed by atoms with E-state index in [0.717, 1.165) is 24.3 Å². The van der Waals surface area contributed by atoms with Gasteiger partial charge >= 0.3 is 0 Å². The lowest BCUT2D eigenvalue weighted by molar-refractivity contribution is -0.117. The smallest absolute Gasteiger partial charge is 0.240 e. The summed E-state index contributed by atoms with van der Waals surface area (Å²) in [4.78, 5) is 14.0. The molecule has 0 radical (unpaired) electrons. The van der Waals surface area contributed by atoms with Crippen molar-refractivity contribution in [3.8, 4) is 0 Å². The normalized spacial score (nSPS) is 15.1. The van der Waals surface area contributed by atoms with Gasteiger partial charge in [0, 0.05) is 19.0 Å². The van der Waals surface area contributed by atoms with E-state index in [1.165, 1.54) is 11.3 Å². The Hall–Kier alpha value is -1.05. The number of hydrogen-bond donors (Lipinski definition) is 2. The molecule has 7 heteroatoms. The van der Waals surface area contributed by atoms with E-state index >= 15 is 0 Å². The maximum Gasteiger partial charge on any atom is 0.240 e. The predicted molar refractivity (Wildman–Crippen MR) is 78.8 cm³/mol. The Morgan fingerprint density at radius 3 is 2.85 bits per heavy atom. The van der Waals surface area contributed by atoms with Gasteiger partial charge in [-0.25, -0.2) is 0 Å². The number of anilines is 1. The van der Waals surface area contributed by atoms with E-state index in [1.807, 2.05) is 4.90 Å². The summed E-state index contributed by atoms with van der Waals surface area (Å²) < 4.78 is 0. The van der Waals surface area contributed by atoms with Crippen molar-refractivity contribution in [2.45, 2.75) is 39.2 Å². The van der Waals surface area contributed by atoms with Crippen LogP contribution in [0, 0.1) is 5.92 Å². The summed E-state index contributed by atoms with van der Waals surface area (Å²) in [5.74, 6) is 0.444. The molecule has 2 N–H and O–H groups in total. The highest BCUT2D eigenvalue weighted by Gasteiger charge is 2.29. The van der Waals surface area contributed by atoms with Gasteiger partial charge in [-0.2, -0.15) is 0 Å². The third-order valence-corrected chi connectivity index (χ3v) is 3.95. The van der Waals surface area contributed by atoms with E-state index in [1.54, 1.807) is 0 Å². The molecule has 1 aromatic rings. The number of carbonyl (C=O) groups is 1. The molecule has 1 heterocycles. The van der Waals surface area contributed by atoms with Gasteiger partial charge in [0.1, 0.15) is 5.01 Å². The van der Waals surface area contributed by atoms with Crippen LogP contribution in [0.4, 0.5) is 5.13 Å². The molecule has 1 amide bonds. The summed E-state index contributed by atoms with van der Waals surface area (Å²) in [5, 5.41) is 21.4. The molecule has 2 rings (SSSR count). The van der Waals surface area contributed by atoms with E-state index < -0.39 is 0 Å². The molecule has 1 aliphatic rings. The summed E-state index contributed by atoms with van der Waals surface area (Å²) in [6.45, 7) is 5.20. The molecule has 0 aromatic carbocycles. The van der Waals surface area contributed by atoms with Gasteiger partial charge in [-0.05, 0) is 18.8 Å². The van der Waals surface area contributed by atoms with Crippen LogP contribution in [0.25, 0.3) is 0 Å². The van der Waals surface area contributed by atoms with Crippen LogP contribution >= 0.6 is 11.3 Å². The molecule has 1 saturated carbocycles. The molecule has 0 saturated heterocycles. The van der Waals surface area contributed by atoms with Crippen LogP contribution in [0.15, 0.2) is 0 Å². The fourth-order valence-corrected chi connectivity index (χ4v) is 3.01. The standard InChI is InChI=1S/C13H22N4O2S/c1-9(2)7-12-15-16-13(20-12)14-11(19)8-17(5-6-18)10-3-4-10/h9-10,18H,3-8H2,1-2H3,(H,14,16,19). The highest BCUT2D eigenvalue weighted by Crippen LogP contribution is 2.26. The lowest BCUT2D eigenvalue weighted by Gasteiger charge is -2.19. The monoisotopic (exact) mass is 298 g/mol. The molecular weight excluding hydrogens is 276 g/mol. The summed E-state index contributed by atoms with van der Waals surface area (Å²) in [6.07, 6.45) is 3.11. The summed E-state index contributed by atoms with van der Waals surface area (Å²) in [7, 11) is 0. The van der Waals surface area contributed by atoms with Gasteiger partial charge in [0.15, 0.2) is 0 Å². The van der Waals surface area contributed by atoms with Crippen molar-refractivity contribution in [1.29, 1.82) is 0 Å². The number of rotatable bonds is 8. The summed E-state index contributed by atoms with van der Waals surface area (Å²) in [5.41, 5.74) is 0. The summed E-state index contributed by atoms with van der Waals surface area (Å²) in [6, 6.07) is 0.457. The zero-order valence-electron chi connectivity index (χ0n) is 12.0. The molecule has 6 nitrogen and oxygen atoms in total. The van der Waals surface area contributed by atoms with Gasteiger partial charge in [0.2, 0.25) is 11.0 Å². The van der Waals surface area contributed by atoms with Crippen LogP contribution in [-0.4, -0.2) is 51.8 Å². The lowest BCUT2D eigenvalue weighted by atomic mass is 10.1. The fraction of sp³-hybridized carbons (Fsp3) is 0.769. The summed E-state index contributed by atoms with van der Waals surface area (Å²) >= 11 is 1.43. The second kappa shape index (κ2) is 7.10. The number of aromatic nitrogens is 2. The maximum absolute atomic E-state index is 12.0. The van der Waals surface area contributed by atoms with Crippen molar-refractivity contribution in [3.63, 3.8) is 0 Å².